The number of benzene rings is 2. The van der Waals surface area contributed by atoms with Crippen molar-refractivity contribution in [1.29, 1.82) is 0 Å². The second-order valence-electron chi connectivity index (χ2n) is 6.05. The summed E-state index contributed by atoms with van der Waals surface area (Å²) in [6, 6.07) is 11.9. The molecule has 10 heteroatoms. The number of ether oxygens (including phenoxy) is 1. The highest BCUT2D eigenvalue weighted by atomic mass is 79.9. The summed E-state index contributed by atoms with van der Waals surface area (Å²) in [5.41, 5.74) is 1.35. The van der Waals surface area contributed by atoms with Gasteiger partial charge < -0.3 is 15.4 Å². The van der Waals surface area contributed by atoms with E-state index in [2.05, 4.69) is 31.6 Å². The summed E-state index contributed by atoms with van der Waals surface area (Å²) in [5, 5.41) is 6.04. The van der Waals surface area contributed by atoms with Crippen LogP contribution in [0.15, 0.2) is 56.8 Å². The Bertz CT molecular complexity index is 1070. The highest BCUT2D eigenvalue weighted by Crippen LogP contribution is 2.31. The third kappa shape index (κ3) is 6.19. The minimum atomic E-state index is -0.418. The number of anilines is 1. The maximum atomic E-state index is 12.0. The van der Waals surface area contributed by atoms with Crippen molar-refractivity contribution in [2.24, 2.45) is 4.99 Å². The molecule has 2 aromatic carbocycles. The lowest BCUT2D eigenvalue weighted by Crippen LogP contribution is -2.23. The Kier molecular flexibility index (Phi) is 7.30. The third-order valence-corrected chi connectivity index (χ3v) is 5.41. The predicted molar refractivity (Wildman–Crippen MR) is 122 cm³/mol. The van der Waals surface area contributed by atoms with Crippen molar-refractivity contribution >= 4 is 73.9 Å². The standard InChI is InChI=1S/C20H15BrClN3O4S/c1-11(26)23-20-25-19(28)17(30-20)9-12-2-7-16(15(21)8-12)29-10-18(27)24-14-5-3-13(22)4-6-14/h2-9H,10H2,1H3,(H,24,27)(H,23,25,26,28)/b17-9-. The topological polar surface area (TPSA) is 96.9 Å². The lowest BCUT2D eigenvalue weighted by atomic mass is 10.2. The summed E-state index contributed by atoms with van der Waals surface area (Å²) in [6.45, 7) is 1.17. The van der Waals surface area contributed by atoms with Crippen molar-refractivity contribution in [2.45, 2.75) is 6.92 Å². The van der Waals surface area contributed by atoms with Gasteiger partial charge in [0.2, 0.25) is 5.91 Å². The number of hydrogen-bond acceptors (Lipinski definition) is 5. The molecule has 1 aliphatic rings. The number of carbonyl (C=O) groups excluding carboxylic acids is 3. The zero-order valence-electron chi connectivity index (χ0n) is 15.6. The number of thioether (sulfide) groups is 1. The monoisotopic (exact) mass is 507 g/mol. The first-order chi connectivity index (χ1) is 14.3. The summed E-state index contributed by atoms with van der Waals surface area (Å²) in [6.07, 6.45) is 1.66. The maximum Gasteiger partial charge on any atom is 0.286 e. The molecule has 0 aromatic heterocycles. The summed E-state index contributed by atoms with van der Waals surface area (Å²) in [4.78, 5) is 39.3. The average Bonchev–Trinajstić information content (AvgIpc) is 3.01. The van der Waals surface area contributed by atoms with Crippen LogP contribution in [0.4, 0.5) is 5.69 Å². The number of hydrogen-bond donors (Lipinski definition) is 2. The van der Waals surface area contributed by atoms with Crippen LogP contribution in [0.1, 0.15) is 12.5 Å². The maximum absolute atomic E-state index is 12.0. The Hall–Kier alpha value is -2.62. The molecule has 2 N–H and O–H groups in total. The zero-order valence-corrected chi connectivity index (χ0v) is 18.7. The van der Waals surface area contributed by atoms with Crippen molar-refractivity contribution < 1.29 is 19.1 Å². The molecule has 0 spiro atoms. The van der Waals surface area contributed by atoms with Crippen LogP contribution in [0.25, 0.3) is 6.08 Å². The van der Waals surface area contributed by atoms with E-state index in [1.807, 2.05) is 0 Å². The van der Waals surface area contributed by atoms with Gasteiger partial charge in [-0.1, -0.05) is 17.7 Å². The minimum Gasteiger partial charge on any atom is -0.483 e. The zero-order chi connectivity index (χ0) is 21.7. The van der Waals surface area contributed by atoms with E-state index in [1.165, 1.54) is 6.92 Å². The van der Waals surface area contributed by atoms with E-state index in [4.69, 9.17) is 16.3 Å². The molecule has 7 nitrogen and oxygen atoms in total. The predicted octanol–water partition coefficient (Wildman–Crippen LogP) is 4.23. The van der Waals surface area contributed by atoms with E-state index in [9.17, 15) is 14.4 Å². The summed E-state index contributed by atoms with van der Waals surface area (Å²) < 4.78 is 6.17. The molecule has 0 saturated heterocycles. The van der Waals surface area contributed by atoms with E-state index in [0.717, 1.165) is 17.3 Å². The Morgan fingerprint density at radius 3 is 2.60 bits per heavy atom. The summed E-state index contributed by atoms with van der Waals surface area (Å²) >= 11 is 10.3. The molecule has 2 aromatic rings. The number of nitrogens with zero attached hydrogens (tertiary/aromatic N) is 1. The van der Waals surface area contributed by atoms with Crippen molar-refractivity contribution in [3.63, 3.8) is 0 Å². The highest BCUT2D eigenvalue weighted by Gasteiger charge is 2.22. The van der Waals surface area contributed by atoms with Crippen LogP contribution >= 0.6 is 39.3 Å². The SMILES string of the molecule is CC(=O)NC1=NC(=O)/C(=C/c2ccc(OCC(=O)Nc3ccc(Cl)cc3)c(Br)c2)S1. The average molecular weight is 509 g/mol. The van der Waals surface area contributed by atoms with E-state index in [1.54, 1.807) is 48.5 Å². The van der Waals surface area contributed by atoms with Gasteiger partial charge in [-0.3, -0.25) is 14.4 Å². The van der Waals surface area contributed by atoms with Crippen molar-refractivity contribution in [3.8, 4) is 5.75 Å². The fourth-order valence-electron chi connectivity index (χ4n) is 2.36. The number of halogens is 2. The van der Waals surface area contributed by atoms with Gasteiger partial charge in [0, 0.05) is 17.6 Å². The van der Waals surface area contributed by atoms with E-state index >= 15 is 0 Å². The van der Waals surface area contributed by atoms with Gasteiger partial charge in [-0.05, 0) is 75.7 Å². The van der Waals surface area contributed by atoms with Gasteiger partial charge >= 0.3 is 0 Å². The van der Waals surface area contributed by atoms with Crippen LogP contribution in [0.2, 0.25) is 5.02 Å². The largest absolute Gasteiger partial charge is 0.483 e. The molecule has 1 heterocycles. The van der Waals surface area contributed by atoms with E-state index in [0.29, 0.717) is 25.8 Å². The van der Waals surface area contributed by atoms with E-state index < -0.39 is 5.91 Å². The molecule has 3 rings (SSSR count). The highest BCUT2D eigenvalue weighted by molar-refractivity contribution is 9.10. The fourth-order valence-corrected chi connectivity index (χ4v) is 3.86. The van der Waals surface area contributed by atoms with Crippen LogP contribution in [-0.2, 0) is 14.4 Å². The molecule has 0 fully saturated rings. The second kappa shape index (κ2) is 9.92. The number of amides is 3. The molecule has 154 valence electrons. The molecule has 3 amide bonds. The van der Waals surface area contributed by atoms with E-state index in [-0.39, 0.29) is 23.6 Å². The number of amidine groups is 1. The molecular weight excluding hydrogens is 494 g/mol. The Morgan fingerprint density at radius 2 is 1.93 bits per heavy atom. The fraction of sp³-hybridized carbons (Fsp3) is 0.100. The molecule has 30 heavy (non-hydrogen) atoms. The van der Waals surface area contributed by atoms with Crippen LogP contribution in [0.3, 0.4) is 0 Å². The van der Waals surface area contributed by atoms with Crippen LogP contribution in [0.5, 0.6) is 5.75 Å². The van der Waals surface area contributed by atoms with Crippen molar-refractivity contribution in [2.75, 3.05) is 11.9 Å². The minimum absolute atomic E-state index is 0.177. The molecule has 0 saturated carbocycles. The van der Waals surface area contributed by atoms with Crippen molar-refractivity contribution in [3.05, 3.63) is 62.4 Å². The lowest BCUT2D eigenvalue weighted by molar-refractivity contribution is -0.118. The van der Waals surface area contributed by atoms with Crippen LogP contribution in [-0.4, -0.2) is 29.5 Å². The Labute approximate surface area is 190 Å². The number of aliphatic imine (C=N–C) groups is 1. The molecule has 0 aliphatic carbocycles. The number of rotatable bonds is 5. The second-order valence-corrected chi connectivity index (χ2v) is 8.37. The van der Waals surface area contributed by atoms with Gasteiger partial charge in [0.15, 0.2) is 11.8 Å². The lowest BCUT2D eigenvalue weighted by Gasteiger charge is -2.10. The molecule has 0 radical (unpaired) electrons. The first kappa shape index (κ1) is 22.1. The van der Waals surface area contributed by atoms with Gasteiger partial charge in [-0.25, -0.2) is 0 Å². The first-order valence-electron chi connectivity index (χ1n) is 8.58. The molecule has 1 aliphatic heterocycles. The molecular formula is C20H15BrClN3O4S. The smallest absolute Gasteiger partial charge is 0.286 e. The first-order valence-corrected chi connectivity index (χ1v) is 10.6. The van der Waals surface area contributed by atoms with Gasteiger partial charge in [0.05, 0.1) is 9.38 Å². The number of carbonyl (C=O) groups is 3. The van der Waals surface area contributed by atoms with Gasteiger partial charge in [0.1, 0.15) is 5.75 Å². The molecule has 0 atom stereocenters. The Balaban J connectivity index is 1.59. The Morgan fingerprint density at radius 1 is 1.20 bits per heavy atom. The van der Waals surface area contributed by atoms with Crippen molar-refractivity contribution in [1.82, 2.24) is 5.32 Å². The van der Waals surface area contributed by atoms with Gasteiger partial charge in [-0.2, -0.15) is 4.99 Å². The van der Waals surface area contributed by atoms with Gasteiger partial charge in [0.25, 0.3) is 11.8 Å². The van der Waals surface area contributed by atoms with Crippen LogP contribution in [0, 0.1) is 0 Å². The molecule has 0 unspecified atom stereocenters. The molecule has 0 bridgehead atoms. The quantitative estimate of drug-likeness (QED) is 0.589. The van der Waals surface area contributed by atoms with Crippen LogP contribution < -0.4 is 15.4 Å². The summed E-state index contributed by atoms with van der Waals surface area (Å²) in [5.74, 6) is -0.547. The normalized spacial score (nSPS) is 14.4. The number of nitrogens with one attached hydrogen (secondary N) is 2. The summed E-state index contributed by atoms with van der Waals surface area (Å²) in [7, 11) is 0. The van der Waals surface area contributed by atoms with Gasteiger partial charge in [-0.15, -0.1) is 0 Å². The third-order valence-electron chi connectivity index (χ3n) is 3.64.